The Labute approximate surface area is 296 Å². The van der Waals surface area contributed by atoms with Crippen LogP contribution in [0.25, 0.3) is 11.3 Å². The molecule has 1 amide bonds. The summed E-state index contributed by atoms with van der Waals surface area (Å²) in [6.45, 7) is -2.03. The first-order valence-electron chi connectivity index (χ1n) is 14.0. The van der Waals surface area contributed by atoms with Crippen LogP contribution in [0, 0.1) is 22.9 Å². The number of alkyl halides is 6. The fourth-order valence-electron chi connectivity index (χ4n) is 3.77. The molecule has 0 aliphatic heterocycles. The Morgan fingerprint density at radius 3 is 2.04 bits per heavy atom. The van der Waals surface area contributed by atoms with Crippen LogP contribution in [-0.2, 0) is 32.2 Å². The summed E-state index contributed by atoms with van der Waals surface area (Å²) in [5, 5.41) is 36.1. The number of hydrogen-bond acceptors (Lipinski definition) is 11. The molecule has 3 aromatic rings. The topological polar surface area (TPSA) is 273 Å². The molecule has 0 saturated heterocycles. The van der Waals surface area contributed by atoms with Gasteiger partial charge < -0.3 is 42.2 Å². The van der Waals surface area contributed by atoms with E-state index in [-0.39, 0.29) is 40.8 Å². The van der Waals surface area contributed by atoms with Gasteiger partial charge in [0, 0.05) is 29.4 Å². The SMILES string of the molecule is COC(=O)c1cc(N)cc(-c2cnc(NC(C)C)c(=O)n2CC(=O)NCc2c(F)c(O)c(C(=N)N)c(F)c2F)c1.FC(F)F.O=C(O)C(F)(F)F.O=CO. The van der Waals surface area contributed by atoms with E-state index in [1.165, 1.54) is 31.5 Å². The second-order valence-electron chi connectivity index (χ2n) is 10.0. The molecule has 298 valence electrons. The minimum absolute atomic E-state index is 0.0622. The van der Waals surface area contributed by atoms with Crippen LogP contribution in [0.5, 0.6) is 5.75 Å². The van der Waals surface area contributed by atoms with E-state index in [2.05, 4.69) is 15.6 Å². The molecular weight excluding hydrogens is 761 g/mol. The number of methoxy groups -OCH3 is 1. The largest absolute Gasteiger partial charge is 0.504 e. The molecule has 0 atom stereocenters. The third kappa shape index (κ3) is 14.2. The summed E-state index contributed by atoms with van der Waals surface area (Å²) >= 11 is 0. The van der Waals surface area contributed by atoms with Crippen LogP contribution in [0.1, 0.15) is 35.3 Å². The van der Waals surface area contributed by atoms with Crippen LogP contribution in [0.15, 0.2) is 29.2 Å². The number of carboxylic acid groups (broad SMARTS) is 2. The maximum atomic E-state index is 14.6. The monoisotopic (exact) mass is 791 g/mol. The van der Waals surface area contributed by atoms with Crippen molar-refractivity contribution in [2.24, 2.45) is 5.73 Å². The predicted molar refractivity (Wildman–Crippen MR) is 169 cm³/mol. The highest BCUT2D eigenvalue weighted by molar-refractivity contribution is 5.98. The Hall–Kier alpha value is -6.56. The molecule has 0 radical (unpaired) electrons. The Morgan fingerprint density at radius 1 is 1.07 bits per heavy atom. The number of carboxylic acids is 1. The van der Waals surface area contributed by atoms with Crippen LogP contribution in [0.2, 0.25) is 0 Å². The number of benzene rings is 2. The van der Waals surface area contributed by atoms with Crippen molar-refractivity contribution in [3.63, 3.8) is 0 Å². The molecule has 0 fully saturated rings. The van der Waals surface area contributed by atoms with Gasteiger partial charge in [0.25, 0.3) is 12.0 Å². The first-order valence-corrected chi connectivity index (χ1v) is 14.0. The molecule has 0 spiro atoms. The number of rotatable bonds is 9. The fourth-order valence-corrected chi connectivity index (χ4v) is 3.77. The Morgan fingerprint density at radius 2 is 1.59 bits per heavy atom. The molecule has 2 aromatic carbocycles. The van der Waals surface area contributed by atoms with E-state index >= 15 is 0 Å². The number of phenolic OH excluding ortho intramolecular Hbond substituents is 1. The fraction of sp³-hybridized carbons (Fsp3) is 0.276. The van der Waals surface area contributed by atoms with Crippen LogP contribution >= 0.6 is 0 Å². The number of esters is 1. The summed E-state index contributed by atoms with van der Waals surface area (Å²) in [4.78, 5) is 59.6. The van der Waals surface area contributed by atoms with Crippen molar-refractivity contribution < 1.29 is 78.7 Å². The normalized spacial score (nSPS) is 10.4. The number of nitrogens with one attached hydrogen (secondary N) is 3. The first-order chi connectivity index (χ1) is 24.8. The number of anilines is 2. The van der Waals surface area contributed by atoms with Gasteiger partial charge in [-0.15, -0.1) is 0 Å². The van der Waals surface area contributed by atoms with Gasteiger partial charge in [-0.1, -0.05) is 0 Å². The number of amidine groups is 1. The second kappa shape index (κ2) is 21.1. The van der Waals surface area contributed by atoms with E-state index in [0.29, 0.717) is 0 Å². The minimum Gasteiger partial charge on any atom is -0.504 e. The molecule has 3 rings (SSSR count). The predicted octanol–water partition coefficient (Wildman–Crippen LogP) is 3.34. The molecule has 0 aliphatic rings. The number of carbonyl (C=O) groups excluding carboxylic acids is 2. The number of amides is 1. The number of phenols is 1. The van der Waals surface area contributed by atoms with Crippen molar-refractivity contribution in [2.45, 2.75) is 45.8 Å². The zero-order valence-corrected chi connectivity index (χ0v) is 27.7. The van der Waals surface area contributed by atoms with Gasteiger partial charge >= 0.3 is 24.8 Å². The number of halogens is 9. The zero-order chi connectivity index (χ0) is 42.2. The van der Waals surface area contributed by atoms with Gasteiger partial charge in [-0.3, -0.25) is 24.4 Å². The lowest BCUT2D eigenvalue weighted by Gasteiger charge is -2.17. The molecule has 10 N–H and O–H groups in total. The maximum absolute atomic E-state index is 14.6. The molecular formula is C29H30F9N7O9. The van der Waals surface area contributed by atoms with E-state index in [9.17, 15) is 59.0 Å². The average molecular weight is 792 g/mol. The molecule has 0 bridgehead atoms. The minimum atomic E-state index is -5.08. The van der Waals surface area contributed by atoms with E-state index < -0.39 is 89.5 Å². The lowest BCUT2D eigenvalue weighted by Crippen LogP contribution is -2.35. The molecule has 25 heteroatoms. The van der Waals surface area contributed by atoms with Crippen LogP contribution < -0.4 is 27.7 Å². The number of ether oxygens (including phenoxy) is 1. The van der Waals surface area contributed by atoms with E-state index in [0.717, 1.165) is 4.57 Å². The second-order valence-corrected chi connectivity index (χ2v) is 10.0. The van der Waals surface area contributed by atoms with Gasteiger partial charge in [-0.25, -0.2) is 27.7 Å². The third-order valence-electron chi connectivity index (χ3n) is 5.81. The Bertz CT molecular complexity index is 1860. The summed E-state index contributed by atoms with van der Waals surface area (Å²) in [7, 11) is 1.17. The summed E-state index contributed by atoms with van der Waals surface area (Å²) in [5.74, 6) is -12.1. The zero-order valence-electron chi connectivity index (χ0n) is 27.7. The van der Waals surface area contributed by atoms with Crippen molar-refractivity contribution in [2.75, 3.05) is 18.2 Å². The molecule has 0 saturated carbocycles. The Balaban J connectivity index is 0.00000171. The highest BCUT2D eigenvalue weighted by Gasteiger charge is 2.38. The van der Waals surface area contributed by atoms with Crippen molar-refractivity contribution in [3.8, 4) is 17.0 Å². The molecule has 54 heavy (non-hydrogen) atoms. The highest BCUT2D eigenvalue weighted by Crippen LogP contribution is 2.30. The van der Waals surface area contributed by atoms with Gasteiger partial charge in [0.05, 0.1) is 30.1 Å². The number of aliphatic carboxylic acids is 1. The number of aromatic hydroxyl groups is 1. The van der Waals surface area contributed by atoms with Crippen molar-refractivity contribution >= 4 is 41.7 Å². The van der Waals surface area contributed by atoms with Gasteiger partial charge in [0.2, 0.25) is 5.91 Å². The van der Waals surface area contributed by atoms with Crippen LogP contribution in [0.4, 0.5) is 51.0 Å². The quantitative estimate of drug-likeness (QED) is 0.0294. The summed E-state index contributed by atoms with van der Waals surface area (Å²) in [6, 6.07) is 3.94. The number of nitrogens with two attached hydrogens (primary N) is 2. The van der Waals surface area contributed by atoms with E-state index in [1.807, 2.05) is 0 Å². The molecule has 0 aliphatic carbocycles. The standard InChI is InChI=1S/C25H26F3N7O5.C2HF3O2.CHF3.CH2O2/c1-10(2)34-23-24(38)35(15(8-33-23)11-4-12(25(39)40-3)6-13(29)5-11)9-16(36)32-7-14-18(26)20(28)17(22(30)31)21(37)19(14)27;3-2(4,5)1(6)7;2-1(3)4;2-1-3/h4-6,8,10,37H,7,9,29H2,1-3H3,(H3,30,31)(H,32,36)(H,33,34);(H,6,7);1H;1H,(H,2,3). The van der Waals surface area contributed by atoms with Gasteiger partial charge in [0.1, 0.15) is 12.4 Å². The molecule has 1 heterocycles. The third-order valence-corrected chi connectivity index (χ3v) is 5.81. The van der Waals surface area contributed by atoms with Gasteiger partial charge in [0.15, 0.2) is 29.0 Å². The van der Waals surface area contributed by atoms with Crippen LogP contribution in [-0.4, -0.2) is 81.0 Å². The smallest absolute Gasteiger partial charge is 0.490 e. The van der Waals surface area contributed by atoms with E-state index in [1.54, 1.807) is 13.8 Å². The number of nitrogens with zero attached hydrogens (tertiary/aromatic N) is 2. The molecule has 0 unspecified atom stereocenters. The number of carbonyl (C=O) groups is 4. The number of aromatic nitrogens is 2. The Kier molecular flexibility index (Phi) is 18.5. The summed E-state index contributed by atoms with van der Waals surface area (Å²) < 4.78 is 110. The van der Waals surface area contributed by atoms with Crippen molar-refractivity contribution in [3.05, 3.63) is 68.9 Å². The number of nitrogen functional groups attached to an aromatic ring is 2. The lowest BCUT2D eigenvalue weighted by molar-refractivity contribution is -0.192. The van der Waals surface area contributed by atoms with Crippen LogP contribution in [0.3, 0.4) is 0 Å². The lowest BCUT2D eigenvalue weighted by atomic mass is 10.1. The average Bonchev–Trinajstić information content (AvgIpc) is 3.04. The highest BCUT2D eigenvalue weighted by atomic mass is 19.4. The van der Waals surface area contributed by atoms with Gasteiger partial charge in [-0.2, -0.15) is 26.3 Å². The first kappa shape index (κ1) is 47.4. The van der Waals surface area contributed by atoms with Gasteiger partial charge in [-0.05, 0) is 32.0 Å². The maximum Gasteiger partial charge on any atom is 0.490 e. The summed E-state index contributed by atoms with van der Waals surface area (Å²) in [5.41, 5.74) is 8.58. The molecule has 16 nitrogen and oxygen atoms in total. The summed E-state index contributed by atoms with van der Waals surface area (Å²) in [6.07, 6.45) is -3.82. The van der Waals surface area contributed by atoms with Crippen molar-refractivity contribution in [1.29, 1.82) is 5.41 Å². The molecule has 1 aromatic heterocycles. The number of hydrogen-bond donors (Lipinski definition) is 8. The van der Waals surface area contributed by atoms with E-state index in [4.69, 9.17) is 41.4 Å². The van der Waals surface area contributed by atoms with Crippen molar-refractivity contribution in [1.82, 2.24) is 14.9 Å².